The summed E-state index contributed by atoms with van der Waals surface area (Å²) in [6, 6.07) is 0. The number of hydrogen-bond donors (Lipinski definition) is 2. The van der Waals surface area contributed by atoms with Gasteiger partial charge in [0.25, 0.3) is 0 Å². The van der Waals surface area contributed by atoms with Crippen LogP contribution < -0.4 is 0 Å². The first-order valence-electron chi connectivity index (χ1n) is 18.1. The second-order valence-corrected chi connectivity index (χ2v) is 12.6. The Balaban J connectivity index is 3.71. The predicted molar refractivity (Wildman–Crippen MR) is 188 cm³/mol. The summed E-state index contributed by atoms with van der Waals surface area (Å²) in [5.74, 6) is 0.140. The first kappa shape index (κ1) is 42.8. The van der Waals surface area contributed by atoms with Crippen molar-refractivity contribution >= 4 is 11.9 Å². The number of aliphatic hydroxyl groups excluding tert-OH is 2. The molecule has 0 aliphatic heterocycles. The van der Waals surface area contributed by atoms with Gasteiger partial charge >= 0.3 is 11.9 Å². The summed E-state index contributed by atoms with van der Waals surface area (Å²) in [5, 5.41) is 19.0. The first-order valence-corrected chi connectivity index (χ1v) is 18.1. The van der Waals surface area contributed by atoms with Gasteiger partial charge in [-0.1, -0.05) is 134 Å². The molecule has 0 heterocycles. The molecule has 0 aromatic rings. The molecule has 0 aliphatic carbocycles. The lowest BCUT2D eigenvalue weighted by Crippen LogP contribution is -2.28. The Kier molecular flexibility index (Phi) is 31.6. The van der Waals surface area contributed by atoms with Crippen LogP contribution in [0.4, 0.5) is 0 Å². The number of hydrogen-bond acceptors (Lipinski definition) is 6. The van der Waals surface area contributed by atoms with Gasteiger partial charge in [0, 0.05) is 12.8 Å². The van der Waals surface area contributed by atoms with Crippen LogP contribution in [0.25, 0.3) is 0 Å². The first-order chi connectivity index (χ1) is 21.9. The number of esters is 2. The number of carbonyl (C=O) groups excluding carboxylic acids is 2. The van der Waals surface area contributed by atoms with E-state index >= 15 is 0 Å². The largest absolute Gasteiger partial charge is 0.462 e. The zero-order chi connectivity index (χ0) is 33.2. The Morgan fingerprint density at radius 3 is 1.64 bits per heavy atom. The molecule has 0 bridgehead atoms. The topological polar surface area (TPSA) is 93.1 Å². The van der Waals surface area contributed by atoms with Gasteiger partial charge in [0.15, 0.2) is 6.10 Å². The minimum absolute atomic E-state index is 0.104. The Hall–Kier alpha value is -2.18. The van der Waals surface area contributed by atoms with Crippen LogP contribution in [-0.2, 0) is 19.1 Å². The highest BCUT2D eigenvalue weighted by atomic mass is 16.6. The zero-order valence-corrected chi connectivity index (χ0v) is 29.1. The van der Waals surface area contributed by atoms with Crippen molar-refractivity contribution in [3.8, 4) is 0 Å². The van der Waals surface area contributed by atoms with E-state index in [4.69, 9.17) is 9.47 Å². The molecule has 6 nitrogen and oxygen atoms in total. The van der Waals surface area contributed by atoms with Crippen LogP contribution in [-0.4, -0.2) is 47.6 Å². The van der Waals surface area contributed by atoms with Gasteiger partial charge in [0.1, 0.15) is 6.61 Å². The second kappa shape index (κ2) is 33.2. The number of carbonyl (C=O) groups is 2. The van der Waals surface area contributed by atoms with Gasteiger partial charge in [-0.05, 0) is 63.7 Å². The van der Waals surface area contributed by atoms with Crippen molar-refractivity contribution in [1.29, 1.82) is 0 Å². The molecule has 0 saturated carbocycles. The molecule has 2 N–H and O–H groups in total. The smallest absolute Gasteiger partial charge is 0.306 e. The van der Waals surface area contributed by atoms with Crippen molar-refractivity contribution in [2.45, 2.75) is 168 Å². The van der Waals surface area contributed by atoms with Gasteiger partial charge in [-0.3, -0.25) is 9.59 Å². The monoisotopic (exact) mass is 633 g/mol. The fraction of sp³-hybridized carbons (Fsp3) is 0.744. The van der Waals surface area contributed by atoms with Crippen molar-refractivity contribution in [3.05, 3.63) is 48.6 Å². The lowest BCUT2D eigenvalue weighted by molar-refractivity contribution is -0.161. The van der Waals surface area contributed by atoms with Gasteiger partial charge in [0.05, 0.1) is 12.7 Å². The molecule has 260 valence electrons. The molecule has 0 saturated heterocycles. The molecular formula is C39H68O6. The summed E-state index contributed by atoms with van der Waals surface area (Å²) >= 11 is 0. The van der Waals surface area contributed by atoms with Crippen LogP contribution in [0.3, 0.4) is 0 Å². The van der Waals surface area contributed by atoms with Gasteiger partial charge in [-0.25, -0.2) is 0 Å². The summed E-state index contributed by atoms with van der Waals surface area (Å²) in [4.78, 5) is 24.1. The van der Waals surface area contributed by atoms with Crippen molar-refractivity contribution in [2.24, 2.45) is 5.92 Å². The van der Waals surface area contributed by atoms with E-state index in [1.54, 1.807) is 0 Å². The van der Waals surface area contributed by atoms with E-state index in [9.17, 15) is 19.8 Å². The lowest BCUT2D eigenvalue weighted by atomic mass is 10.0. The molecule has 0 aromatic carbocycles. The second-order valence-electron chi connectivity index (χ2n) is 12.6. The SMILES string of the molecule is CC[C@H](O)CC/C=C\C/C=C\C/C=C\C/C=C\CCCC(=O)OC[C@H](CO)OC(=O)CCCCCCCCCCCCC(C)C. The third-order valence-corrected chi connectivity index (χ3v) is 7.72. The van der Waals surface area contributed by atoms with E-state index < -0.39 is 6.10 Å². The highest BCUT2D eigenvalue weighted by Crippen LogP contribution is 2.14. The van der Waals surface area contributed by atoms with Crippen molar-refractivity contribution < 1.29 is 29.3 Å². The van der Waals surface area contributed by atoms with Crippen LogP contribution in [0.15, 0.2) is 48.6 Å². The average Bonchev–Trinajstić information content (AvgIpc) is 3.02. The van der Waals surface area contributed by atoms with E-state index in [2.05, 4.69) is 62.5 Å². The average molecular weight is 633 g/mol. The maximum absolute atomic E-state index is 12.1. The maximum atomic E-state index is 12.1. The van der Waals surface area contributed by atoms with E-state index in [0.717, 1.165) is 70.1 Å². The molecule has 0 spiro atoms. The molecule has 0 radical (unpaired) electrons. The summed E-state index contributed by atoms with van der Waals surface area (Å²) < 4.78 is 10.5. The number of ether oxygens (including phenoxy) is 2. The van der Waals surface area contributed by atoms with Crippen LogP contribution in [0.5, 0.6) is 0 Å². The van der Waals surface area contributed by atoms with Gasteiger partial charge < -0.3 is 19.7 Å². The summed E-state index contributed by atoms with van der Waals surface area (Å²) in [5.41, 5.74) is 0. The maximum Gasteiger partial charge on any atom is 0.306 e. The van der Waals surface area contributed by atoms with Crippen molar-refractivity contribution in [1.82, 2.24) is 0 Å². The highest BCUT2D eigenvalue weighted by Gasteiger charge is 2.16. The van der Waals surface area contributed by atoms with Crippen LogP contribution >= 0.6 is 0 Å². The Labute approximate surface area is 276 Å². The molecule has 0 unspecified atom stereocenters. The van der Waals surface area contributed by atoms with Crippen molar-refractivity contribution in [3.63, 3.8) is 0 Å². The highest BCUT2D eigenvalue weighted by molar-refractivity contribution is 5.70. The lowest BCUT2D eigenvalue weighted by Gasteiger charge is -2.15. The number of allylic oxidation sites excluding steroid dienone is 8. The van der Waals surface area contributed by atoms with Crippen LogP contribution in [0.2, 0.25) is 0 Å². The Morgan fingerprint density at radius 2 is 1.11 bits per heavy atom. The van der Waals surface area contributed by atoms with Crippen LogP contribution in [0.1, 0.15) is 156 Å². The number of aliphatic hydroxyl groups is 2. The van der Waals surface area contributed by atoms with E-state index in [-0.39, 0.29) is 31.3 Å². The quantitative estimate of drug-likeness (QED) is 0.0449. The minimum Gasteiger partial charge on any atom is -0.462 e. The normalized spacial score (nSPS) is 13.6. The number of unbranched alkanes of at least 4 members (excludes halogenated alkanes) is 10. The van der Waals surface area contributed by atoms with Crippen molar-refractivity contribution in [2.75, 3.05) is 13.2 Å². The fourth-order valence-corrected chi connectivity index (χ4v) is 4.77. The molecular weight excluding hydrogens is 564 g/mol. The molecule has 45 heavy (non-hydrogen) atoms. The van der Waals surface area contributed by atoms with E-state index in [1.807, 2.05) is 6.92 Å². The zero-order valence-electron chi connectivity index (χ0n) is 29.1. The molecule has 0 fully saturated rings. The van der Waals surface area contributed by atoms with Crippen LogP contribution in [0, 0.1) is 5.92 Å². The third-order valence-electron chi connectivity index (χ3n) is 7.72. The van der Waals surface area contributed by atoms with Gasteiger partial charge in [-0.15, -0.1) is 0 Å². The summed E-state index contributed by atoms with van der Waals surface area (Å²) in [6.45, 7) is 6.12. The standard InChI is InChI=1S/C39H68O6/c1-4-36(41)30-26-22-18-14-9-7-5-6-8-10-15-19-23-27-31-38(42)44-34-37(33-40)45-39(43)32-28-24-20-16-12-11-13-17-21-25-29-35(2)3/h6-9,15,18-19,22,35-37,40-41H,4-5,10-14,16-17,20-21,23-34H2,1-3H3/b8-6-,9-7-,19-15-,22-18-/t36-,37-/m0/s1. The van der Waals surface area contributed by atoms with Gasteiger partial charge in [-0.2, -0.15) is 0 Å². The number of rotatable bonds is 31. The summed E-state index contributed by atoms with van der Waals surface area (Å²) in [7, 11) is 0. The molecule has 0 rings (SSSR count). The molecule has 0 aliphatic rings. The Bertz CT molecular complexity index is 797. The van der Waals surface area contributed by atoms with E-state index in [1.165, 1.54) is 51.4 Å². The minimum atomic E-state index is -0.800. The molecule has 6 heteroatoms. The van der Waals surface area contributed by atoms with E-state index in [0.29, 0.717) is 19.3 Å². The van der Waals surface area contributed by atoms with Gasteiger partial charge in [0.2, 0.25) is 0 Å². The molecule has 0 aromatic heterocycles. The molecule has 0 amide bonds. The third kappa shape index (κ3) is 33.0. The summed E-state index contributed by atoms with van der Waals surface area (Å²) in [6.07, 6.45) is 36.9. The predicted octanol–water partition coefficient (Wildman–Crippen LogP) is 9.89. The Morgan fingerprint density at radius 1 is 0.622 bits per heavy atom. The fourth-order valence-electron chi connectivity index (χ4n) is 4.77. The molecule has 2 atom stereocenters.